The Morgan fingerprint density at radius 2 is 2.00 bits per heavy atom. The van der Waals surface area contributed by atoms with Crippen molar-refractivity contribution in [2.75, 3.05) is 14.2 Å². The number of rotatable bonds is 6. The molecule has 0 aliphatic carbocycles. The molecule has 2 heterocycles. The third-order valence-electron chi connectivity index (χ3n) is 4.03. The largest absolute Gasteiger partial charge is 0.493 e. The number of benzene rings is 1. The fraction of sp³-hybridized carbons (Fsp3) is 0.278. The van der Waals surface area contributed by atoms with Gasteiger partial charge >= 0.3 is 5.76 Å². The Morgan fingerprint density at radius 3 is 2.63 bits per heavy atom. The standard InChI is InChI=1S/C18H18ClN3O5/c1-10-13(11(2)27-21-10)9-22-18(23)26-15(20-22)8-6-12-5-7-14(24-3)17(25-4)16(12)19/h5-8H,9H2,1-4H3. The molecule has 0 aliphatic heterocycles. The number of hydrogen-bond donors (Lipinski definition) is 0. The molecule has 0 saturated heterocycles. The molecule has 0 radical (unpaired) electrons. The van der Waals surface area contributed by atoms with Crippen LogP contribution in [-0.2, 0) is 6.54 Å². The monoisotopic (exact) mass is 391 g/mol. The van der Waals surface area contributed by atoms with Gasteiger partial charge in [-0.25, -0.2) is 4.79 Å². The number of aromatic nitrogens is 3. The number of ether oxygens (including phenoxy) is 2. The summed E-state index contributed by atoms with van der Waals surface area (Å²) in [7, 11) is 3.04. The van der Waals surface area contributed by atoms with Gasteiger partial charge in [0.2, 0.25) is 5.89 Å². The van der Waals surface area contributed by atoms with Crippen LogP contribution >= 0.6 is 11.6 Å². The zero-order chi connectivity index (χ0) is 19.6. The number of nitrogens with zero attached hydrogens (tertiary/aromatic N) is 3. The molecule has 0 unspecified atom stereocenters. The van der Waals surface area contributed by atoms with Crippen molar-refractivity contribution in [2.45, 2.75) is 20.4 Å². The van der Waals surface area contributed by atoms with E-state index in [2.05, 4.69) is 10.3 Å². The Bertz CT molecular complexity index is 1030. The summed E-state index contributed by atoms with van der Waals surface area (Å²) in [4.78, 5) is 12.0. The van der Waals surface area contributed by atoms with E-state index in [1.165, 1.54) is 18.9 Å². The van der Waals surface area contributed by atoms with E-state index in [1.54, 1.807) is 38.1 Å². The molecule has 27 heavy (non-hydrogen) atoms. The van der Waals surface area contributed by atoms with Crippen molar-refractivity contribution in [3.63, 3.8) is 0 Å². The SMILES string of the molecule is COc1ccc(C=Cc2nn(Cc3c(C)noc3C)c(=O)o2)c(Cl)c1OC. The van der Waals surface area contributed by atoms with Crippen LogP contribution in [-0.4, -0.2) is 29.2 Å². The molecule has 0 N–H and O–H groups in total. The lowest BCUT2D eigenvalue weighted by Crippen LogP contribution is -2.17. The van der Waals surface area contributed by atoms with Gasteiger partial charge in [0.25, 0.3) is 0 Å². The van der Waals surface area contributed by atoms with Gasteiger partial charge in [-0.15, -0.1) is 5.10 Å². The topological polar surface area (TPSA) is 92.5 Å². The molecule has 8 nitrogen and oxygen atoms in total. The lowest BCUT2D eigenvalue weighted by atomic mass is 10.2. The van der Waals surface area contributed by atoms with E-state index >= 15 is 0 Å². The molecule has 3 rings (SSSR count). The smallest absolute Gasteiger partial charge is 0.437 e. The Hall–Kier alpha value is -3.00. The Kier molecular flexibility index (Phi) is 5.36. The summed E-state index contributed by atoms with van der Waals surface area (Å²) < 4.78 is 21.9. The van der Waals surface area contributed by atoms with Gasteiger partial charge in [0.05, 0.1) is 31.5 Å². The van der Waals surface area contributed by atoms with Crippen molar-refractivity contribution in [1.82, 2.24) is 14.9 Å². The van der Waals surface area contributed by atoms with E-state index in [-0.39, 0.29) is 12.4 Å². The predicted molar refractivity (Wildman–Crippen MR) is 99.3 cm³/mol. The molecule has 0 saturated carbocycles. The normalized spacial score (nSPS) is 11.3. The first-order valence-corrected chi connectivity index (χ1v) is 8.40. The summed E-state index contributed by atoms with van der Waals surface area (Å²) in [5, 5.41) is 8.42. The number of hydrogen-bond acceptors (Lipinski definition) is 7. The summed E-state index contributed by atoms with van der Waals surface area (Å²) in [5.41, 5.74) is 2.16. The first-order chi connectivity index (χ1) is 12.9. The van der Waals surface area contributed by atoms with Crippen LogP contribution in [0.25, 0.3) is 12.2 Å². The first-order valence-electron chi connectivity index (χ1n) is 8.02. The van der Waals surface area contributed by atoms with Crippen molar-refractivity contribution in [3.8, 4) is 11.5 Å². The molecule has 0 atom stereocenters. The number of halogens is 1. The van der Waals surface area contributed by atoms with Crippen LogP contribution in [0.15, 0.2) is 25.9 Å². The summed E-state index contributed by atoms with van der Waals surface area (Å²) in [6.07, 6.45) is 3.23. The minimum absolute atomic E-state index is 0.151. The van der Waals surface area contributed by atoms with Gasteiger partial charge in [-0.3, -0.25) is 0 Å². The van der Waals surface area contributed by atoms with Gasteiger partial charge in [0, 0.05) is 11.6 Å². The lowest BCUT2D eigenvalue weighted by Gasteiger charge is -2.10. The maximum atomic E-state index is 12.0. The highest BCUT2D eigenvalue weighted by Crippen LogP contribution is 2.37. The van der Waals surface area contributed by atoms with Crippen LogP contribution in [0, 0.1) is 13.8 Å². The minimum atomic E-state index is -0.576. The van der Waals surface area contributed by atoms with Crippen molar-refractivity contribution < 1.29 is 18.4 Å². The molecule has 9 heteroatoms. The van der Waals surface area contributed by atoms with E-state index < -0.39 is 5.76 Å². The summed E-state index contributed by atoms with van der Waals surface area (Å²) in [6.45, 7) is 3.80. The Morgan fingerprint density at radius 1 is 1.22 bits per heavy atom. The van der Waals surface area contributed by atoms with Gasteiger partial charge in [0.15, 0.2) is 11.5 Å². The van der Waals surface area contributed by atoms with Gasteiger partial charge in [-0.05, 0) is 37.6 Å². The van der Waals surface area contributed by atoms with Crippen LogP contribution in [0.1, 0.15) is 28.5 Å². The molecular weight excluding hydrogens is 374 g/mol. The fourth-order valence-corrected chi connectivity index (χ4v) is 2.86. The minimum Gasteiger partial charge on any atom is -0.493 e. The first kappa shape index (κ1) is 18.8. The van der Waals surface area contributed by atoms with Crippen LogP contribution < -0.4 is 15.2 Å². The van der Waals surface area contributed by atoms with Gasteiger partial charge in [-0.2, -0.15) is 4.68 Å². The van der Waals surface area contributed by atoms with Crippen molar-refractivity contribution in [3.05, 3.63) is 56.2 Å². The van der Waals surface area contributed by atoms with Crippen LogP contribution in [0.3, 0.4) is 0 Å². The molecule has 142 valence electrons. The second-order valence-electron chi connectivity index (χ2n) is 5.70. The second kappa shape index (κ2) is 7.71. The number of methoxy groups -OCH3 is 2. The molecule has 2 aromatic heterocycles. The van der Waals surface area contributed by atoms with Crippen molar-refractivity contribution >= 4 is 23.8 Å². The van der Waals surface area contributed by atoms with E-state index in [9.17, 15) is 4.79 Å². The van der Waals surface area contributed by atoms with Crippen LogP contribution in [0.4, 0.5) is 0 Å². The lowest BCUT2D eigenvalue weighted by molar-refractivity contribution is 0.355. The maximum absolute atomic E-state index is 12.0. The molecular formula is C18H18ClN3O5. The molecule has 1 aromatic carbocycles. The molecule has 0 spiro atoms. The summed E-state index contributed by atoms with van der Waals surface area (Å²) in [5.74, 6) is 1.16. The number of aryl methyl sites for hydroxylation is 2. The highest BCUT2D eigenvalue weighted by atomic mass is 35.5. The zero-order valence-electron chi connectivity index (χ0n) is 15.3. The molecule has 0 amide bonds. The Balaban J connectivity index is 1.86. The van der Waals surface area contributed by atoms with E-state index in [0.29, 0.717) is 33.5 Å². The maximum Gasteiger partial charge on any atom is 0.437 e. The third kappa shape index (κ3) is 3.75. The fourth-order valence-electron chi connectivity index (χ4n) is 2.56. The predicted octanol–water partition coefficient (Wildman–Crippen LogP) is 3.33. The molecule has 0 bridgehead atoms. The zero-order valence-corrected chi connectivity index (χ0v) is 16.0. The van der Waals surface area contributed by atoms with E-state index in [1.807, 2.05) is 0 Å². The van der Waals surface area contributed by atoms with Crippen molar-refractivity contribution in [2.24, 2.45) is 0 Å². The average Bonchev–Trinajstić information content (AvgIpc) is 3.17. The van der Waals surface area contributed by atoms with Crippen LogP contribution in [0.5, 0.6) is 11.5 Å². The molecule has 0 fully saturated rings. The van der Waals surface area contributed by atoms with E-state index in [0.717, 1.165) is 5.56 Å². The average molecular weight is 392 g/mol. The third-order valence-corrected chi connectivity index (χ3v) is 4.42. The van der Waals surface area contributed by atoms with Gasteiger partial charge in [-0.1, -0.05) is 16.8 Å². The van der Waals surface area contributed by atoms with Crippen LogP contribution in [0.2, 0.25) is 5.02 Å². The molecule has 3 aromatic rings. The Labute approximate surface area is 159 Å². The van der Waals surface area contributed by atoms with E-state index in [4.69, 9.17) is 30.0 Å². The van der Waals surface area contributed by atoms with Gasteiger partial charge in [0.1, 0.15) is 5.76 Å². The second-order valence-corrected chi connectivity index (χ2v) is 6.08. The highest BCUT2D eigenvalue weighted by Gasteiger charge is 2.14. The van der Waals surface area contributed by atoms with Crippen molar-refractivity contribution in [1.29, 1.82) is 0 Å². The molecule has 0 aliphatic rings. The van der Waals surface area contributed by atoms with Gasteiger partial charge < -0.3 is 18.4 Å². The summed E-state index contributed by atoms with van der Waals surface area (Å²) in [6, 6.07) is 3.50. The quantitative estimate of drug-likeness (QED) is 0.636. The summed E-state index contributed by atoms with van der Waals surface area (Å²) >= 11 is 6.33. The highest BCUT2D eigenvalue weighted by molar-refractivity contribution is 6.33.